The minimum Gasteiger partial charge on any atom is -0.480 e. The van der Waals surface area contributed by atoms with E-state index in [1.165, 1.54) is 7.05 Å². The molecule has 0 aliphatic carbocycles. The van der Waals surface area contributed by atoms with Gasteiger partial charge in [0.1, 0.15) is 11.8 Å². The fourth-order valence-corrected chi connectivity index (χ4v) is 1.16. The van der Waals surface area contributed by atoms with Gasteiger partial charge in [-0.3, -0.25) is 9.59 Å². The summed E-state index contributed by atoms with van der Waals surface area (Å²) in [5, 5.41) is 13.5. The van der Waals surface area contributed by atoms with Crippen molar-refractivity contribution in [3.8, 4) is 0 Å². The topological polar surface area (TPSA) is 95.3 Å². The molecule has 0 bridgehead atoms. The van der Waals surface area contributed by atoms with Gasteiger partial charge in [-0.05, 0) is 14.0 Å². The summed E-state index contributed by atoms with van der Waals surface area (Å²) in [7, 11) is 1.53. The first-order valence-electron chi connectivity index (χ1n) is 4.13. The number of aromatic nitrogens is 1. The van der Waals surface area contributed by atoms with Gasteiger partial charge in [0.2, 0.25) is 0 Å². The van der Waals surface area contributed by atoms with Crippen molar-refractivity contribution in [3.63, 3.8) is 0 Å². The second-order valence-corrected chi connectivity index (χ2v) is 2.95. The maximum atomic E-state index is 11.1. The van der Waals surface area contributed by atoms with E-state index in [1.54, 1.807) is 6.92 Å². The van der Waals surface area contributed by atoms with Crippen molar-refractivity contribution in [1.82, 2.24) is 10.5 Å². The van der Waals surface area contributed by atoms with Crippen molar-refractivity contribution in [1.29, 1.82) is 0 Å². The highest BCUT2D eigenvalue weighted by Crippen LogP contribution is 2.04. The van der Waals surface area contributed by atoms with Gasteiger partial charge < -0.3 is 14.9 Å². The molecule has 1 aromatic rings. The van der Waals surface area contributed by atoms with E-state index in [-0.39, 0.29) is 12.0 Å². The zero-order chi connectivity index (χ0) is 10.7. The summed E-state index contributed by atoms with van der Waals surface area (Å²) in [4.78, 5) is 21.8. The highest BCUT2D eigenvalue weighted by Gasteiger charge is 2.20. The first-order valence-corrected chi connectivity index (χ1v) is 4.13. The number of aryl methyl sites for hydroxylation is 1. The maximum Gasteiger partial charge on any atom is 0.321 e. The number of carbonyl (C=O) groups is 1. The van der Waals surface area contributed by atoms with Crippen LogP contribution in [0.4, 0.5) is 0 Å². The summed E-state index contributed by atoms with van der Waals surface area (Å²) in [6, 6.07) is -0.771. The number of likely N-dealkylation sites (N-methyl/N-ethyl adjacent to an activating group) is 1. The molecule has 0 saturated carbocycles. The molecular weight excluding hydrogens is 188 g/mol. The Morgan fingerprint density at radius 2 is 2.36 bits per heavy atom. The third-order valence-electron chi connectivity index (χ3n) is 2.05. The van der Waals surface area contributed by atoms with Crippen molar-refractivity contribution in [2.75, 3.05) is 7.05 Å². The van der Waals surface area contributed by atoms with Crippen LogP contribution in [-0.2, 0) is 11.2 Å². The highest BCUT2D eigenvalue weighted by molar-refractivity contribution is 5.73. The van der Waals surface area contributed by atoms with Crippen molar-refractivity contribution < 1.29 is 14.4 Å². The SMILES string of the molecule is CN[C@H](Cc1c(C)o[nH]c1=O)C(=O)O. The van der Waals surface area contributed by atoms with Crippen molar-refractivity contribution in [2.45, 2.75) is 19.4 Å². The second kappa shape index (κ2) is 4.10. The van der Waals surface area contributed by atoms with E-state index in [2.05, 4.69) is 10.5 Å². The van der Waals surface area contributed by atoms with E-state index in [0.717, 1.165) is 0 Å². The molecule has 0 saturated heterocycles. The Kier molecular flexibility index (Phi) is 3.08. The predicted molar refractivity (Wildman–Crippen MR) is 48.3 cm³/mol. The lowest BCUT2D eigenvalue weighted by atomic mass is 10.1. The largest absolute Gasteiger partial charge is 0.480 e. The number of hydrogen-bond donors (Lipinski definition) is 3. The average molecular weight is 200 g/mol. The van der Waals surface area contributed by atoms with Gasteiger partial charge in [0.05, 0.1) is 5.56 Å². The number of hydrogen-bond acceptors (Lipinski definition) is 4. The number of carboxylic acid groups (broad SMARTS) is 1. The fraction of sp³-hybridized carbons (Fsp3) is 0.500. The Balaban J connectivity index is 2.87. The Morgan fingerprint density at radius 3 is 2.71 bits per heavy atom. The molecule has 0 aromatic carbocycles. The summed E-state index contributed by atoms with van der Waals surface area (Å²) in [6.45, 7) is 1.61. The summed E-state index contributed by atoms with van der Waals surface area (Å²) in [6.07, 6.45) is 0.115. The van der Waals surface area contributed by atoms with Crippen LogP contribution in [0.3, 0.4) is 0 Å². The Morgan fingerprint density at radius 1 is 1.71 bits per heavy atom. The van der Waals surface area contributed by atoms with Crippen molar-refractivity contribution in [3.05, 3.63) is 21.7 Å². The van der Waals surface area contributed by atoms with Gasteiger partial charge >= 0.3 is 5.97 Å². The second-order valence-electron chi connectivity index (χ2n) is 2.95. The third kappa shape index (κ3) is 2.02. The normalized spacial score (nSPS) is 12.7. The maximum absolute atomic E-state index is 11.1. The van der Waals surface area contributed by atoms with Crippen LogP contribution < -0.4 is 10.9 Å². The quantitative estimate of drug-likeness (QED) is 0.608. The minimum atomic E-state index is -0.993. The molecule has 0 radical (unpaired) electrons. The van der Waals surface area contributed by atoms with E-state index in [9.17, 15) is 9.59 Å². The van der Waals surface area contributed by atoms with Crippen LogP contribution in [0.1, 0.15) is 11.3 Å². The molecule has 78 valence electrons. The van der Waals surface area contributed by atoms with Crippen LogP contribution in [-0.4, -0.2) is 29.3 Å². The molecule has 3 N–H and O–H groups in total. The molecule has 1 heterocycles. The molecule has 6 nitrogen and oxygen atoms in total. The van der Waals surface area contributed by atoms with Gasteiger partial charge in [0, 0.05) is 6.42 Å². The number of aliphatic carboxylic acids is 1. The molecule has 0 aliphatic rings. The lowest BCUT2D eigenvalue weighted by Crippen LogP contribution is -2.37. The smallest absolute Gasteiger partial charge is 0.321 e. The molecular formula is C8H12N2O4. The van der Waals surface area contributed by atoms with Gasteiger partial charge in [0.25, 0.3) is 5.56 Å². The predicted octanol–water partition coefficient (Wildman–Crippen LogP) is -0.509. The first kappa shape index (κ1) is 10.5. The number of carboxylic acids is 1. The molecule has 0 spiro atoms. The monoisotopic (exact) mass is 200 g/mol. The molecule has 1 atom stereocenters. The van der Waals surface area contributed by atoms with E-state index in [4.69, 9.17) is 9.63 Å². The number of H-pyrrole nitrogens is 1. The molecule has 0 unspecified atom stereocenters. The summed E-state index contributed by atoms with van der Waals surface area (Å²) in [5.74, 6) is -0.566. The summed E-state index contributed by atoms with van der Waals surface area (Å²) < 4.78 is 4.76. The minimum absolute atomic E-state index is 0.115. The molecule has 0 fully saturated rings. The van der Waals surface area contributed by atoms with Crippen LogP contribution in [0.2, 0.25) is 0 Å². The molecule has 1 rings (SSSR count). The van der Waals surface area contributed by atoms with Crippen molar-refractivity contribution in [2.24, 2.45) is 0 Å². The van der Waals surface area contributed by atoms with Crippen molar-refractivity contribution >= 4 is 5.97 Å². The lowest BCUT2D eigenvalue weighted by Gasteiger charge is -2.08. The molecule has 6 heteroatoms. The number of nitrogens with one attached hydrogen (secondary N) is 2. The van der Waals surface area contributed by atoms with E-state index >= 15 is 0 Å². The van der Waals surface area contributed by atoms with Crippen LogP contribution in [0.15, 0.2) is 9.32 Å². The van der Waals surface area contributed by atoms with E-state index in [1.807, 2.05) is 0 Å². The van der Waals surface area contributed by atoms with Gasteiger partial charge in [-0.2, -0.15) is 5.16 Å². The van der Waals surface area contributed by atoms with Crippen LogP contribution in [0.5, 0.6) is 0 Å². The molecule has 0 amide bonds. The van der Waals surface area contributed by atoms with E-state index < -0.39 is 12.0 Å². The standard InChI is InChI=1S/C8H12N2O4/c1-4-5(7(11)10-14-4)3-6(9-2)8(12)13/h6,9H,3H2,1-2H3,(H,10,11)(H,12,13)/t6-/m1/s1. The third-order valence-corrected chi connectivity index (χ3v) is 2.05. The van der Waals surface area contributed by atoms with Crippen LogP contribution in [0.25, 0.3) is 0 Å². The fourth-order valence-electron chi connectivity index (χ4n) is 1.16. The molecule has 1 aromatic heterocycles. The summed E-state index contributed by atoms with van der Waals surface area (Å²) >= 11 is 0. The molecule has 14 heavy (non-hydrogen) atoms. The number of rotatable bonds is 4. The zero-order valence-electron chi connectivity index (χ0n) is 7.96. The Bertz CT molecular complexity index is 379. The van der Waals surface area contributed by atoms with Gasteiger partial charge in [0.15, 0.2) is 0 Å². The zero-order valence-corrected chi connectivity index (χ0v) is 7.96. The lowest BCUT2D eigenvalue weighted by molar-refractivity contribution is -0.139. The van der Waals surface area contributed by atoms with Gasteiger partial charge in [-0.1, -0.05) is 0 Å². The Labute approximate surface area is 79.9 Å². The van der Waals surface area contributed by atoms with Crippen LogP contribution >= 0.6 is 0 Å². The van der Waals surface area contributed by atoms with E-state index in [0.29, 0.717) is 11.3 Å². The Hall–Kier alpha value is -1.56. The van der Waals surface area contributed by atoms with Gasteiger partial charge in [-0.25, -0.2) is 0 Å². The number of aromatic amines is 1. The highest BCUT2D eigenvalue weighted by atomic mass is 16.5. The van der Waals surface area contributed by atoms with Gasteiger partial charge in [-0.15, -0.1) is 0 Å². The first-order chi connectivity index (χ1) is 6.56. The summed E-state index contributed by atoms with van der Waals surface area (Å²) in [5.41, 5.74) is -0.00394. The molecule has 0 aliphatic heterocycles. The van der Waals surface area contributed by atoms with Crippen LogP contribution in [0, 0.1) is 6.92 Å². The average Bonchev–Trinajstić information content (AvgIpc) is 2.43.